The summed E-state index contributed by atoms with van der Waals surface area (Å²) in [5.74, 6) is 0. The third kappa shape index (κ3) is 4.92. The molecular weight excluding hydrogens is 413 g/mol. The fourth-order valence-electron chi connectivity index (χ4n) is 2.77. The van der Waals surface area contributed by atoms with Crippen molar-refractivity contribution in [3.8, 4) is 0 Å². The van der Waals surface area contributed by atoms with Crippen molar-refractivity contribution >= 4 is 34.4 Å². The van der Waals surface area contributed by atoms with Crippen LogP contribution in [0.2, 0.25) is 0 Å². The van der Waals surface area contributed by atoms with Gasteiger partial charge < -0.3 is 10.2 Å². The Kier molecular flexibility index (Phi) is 6.82. The van der Waals surface area contributed by atoms with Gasteiger partial charge in [0.2, 0.25) is 0 Å². The fourth-order valence-corrected chi connectivity index (χ4v) is 3.81. The first-order chi connectivity index (χ1) is 11.4. The lowest BCUT2D eigenvalue weighted by atomic mass is 10.1. The van der Waals surface area contributed by atoms with Crippen molar-refractivity contribution in [2.75, 3.05) is 31.1 Å². The quantitative estimate of drug-likeness (QED) is 0.721. The van der Waals surface area contributed by atoms with Crippen LogP contribution in [0.1, 0.15) is 11.1 Å². The van der Waals surface area contributed by atoms with Gasteiger partial charge in [0.25, 0.3) is 0 Å². The first-order valence-electron chi connectivity index (χ1n) is 7.85. The Labute approximate surface area is 160 Å². The van der Waals surface area contributed by atoms with Crippen LogP contribution in [-0.2, 0) is 6.18 Å². The molecule has 2 nitrogen and oxygen atoms in total. The molecule has 0 bridgehead atoms. The van der Waals surface area contributed by atoms with E-state index in [0.29, 0.717) is 5.56 Å². The average Bonchev–Trinajstić information content (AvgIpc) is 2.57. The van der Waals surface area contributed by atoms with Gasteiger partial charge in [-0.15, -0.1) is 17.0 Å². The summed E-state index contributed by atoms with van der Waals surface area (Å²) in [6.07, 6.45) is -4.30. The van der Waals surface area contributed by atoms with Crippen molar-refractivity contribution < 1.29 is 13.2 Å². The van der Waals surface area contributed by atoms with Crippen LogP contribution in [0.5, 0.6) is 0 Å². The largest absolute Gasteiger partial charge is 0.416 e. The summed E-state index contributed by atoms with van der Waals surface area (Å²) < 4.78 is 38.4. The number of nitrogens with zero attached hydrogens (tertiary/aromatic N) is 1. The van der Waals surface area contributed by atoms with Gasteiger partial charge in [-0.25, -0.2) is 0 Å². The summed E-state index contributed by atoms with van der Waals surface area (Å²) in [5, 5.41) is 3.33. The molecule has 2 aromatic carbocycles. The molecule has 1 aliphatic heterocycles. The van der Waals surface area contributed by atoms with Gasteiger partial charge in [-0.2, -0.15) is 13.2 Å². The SMILES string of the molecule is Br.Cc1cc(C(F)(F)F)ccc1Sc1ccccc1N1CCNCC1. The zero-order valence-electron chi connectivity index (χ0n) is 13.8. The molecule has 1 aliphatic rings. The Morgan fingerprint density at radius 3 is 2.32 bits per heavy atom. The van der Waals surface area contributed by atoms with Gasteiger partial charge in [0.05, 0.1) is 11.3 Å². The zero-order valence-corrected chi connectivity index (χ0v) is 16.3. The van der Waals surface area contributed by atoms with Gasteiger partial charge >= 0.3 is 6.18 Å². The number of benzene rings is 2. The topological polar surface area (TPSA) is 15.3 Å². The Morgan fingerprint density at radius 1 is 1.00 bits per heavy atom. The Balaban J connectivity index is 0.00000225. The third-order valence-electron chi connectivity index (χ3n) is 4.05. The van der Waals surface area contributed by atoms with Crippen molar-refractivity contribution in [1.82, 2.24) is 5.32 Å². The number of alkyl halides is 3. The molecule has 0 unspecified atom stereocenters. The number of piperazine rings is 1. The number of anilines is 1. The van der Waals surface area contributed by atoms with E-state index in [2.05, 4.69) is 16.3 Å². The molecule has 1 heterocycles. The molecule has 0 aliphatic carbocycles. The van der Waals surface area contributed by atoms with Gasteiger partial charge in [-0.05, 0) is 42.8 Å². The molecule has 0 aromatic heterocycles. The normalized spacial score (nSPS) is 15.0. The van der Waals surface area contributed by atoms with E-state index in [9.17, 15) is 13.2 Å². The van der Waals surface area contributed by atoms with Crippen LogP contribution in [0.3, 0.4) is 0 Å². The van der Waals surface area contributed by atoms with Gasteiger partial charge in [0.15, 0.2) is 0 Å². The van der Waals surface area contributed by atoms with Crippen LogP contribution in [0.4, 0.5) is 18.9 Å². The molecule has 25 heavy (non-hydrogen) atoms. The van der Waals surface area contributed by atoms with Gasteiger partial charge in [-0.1, -0.05) is 23.9 Å². The van der Waals surface area contributed by atoms with E-state index in [1.54, 1.807) is 13.0 Å². The molecule has 0 amide bonds. The summed E-state index contributed by atoms with van der Waals surface area (Å²) in [6.45, 7) is 5.48. The van der Waals surface area contributed by atoms with E-state index in [1.165, 1.54) is 17.8 Å². The summed E-state index contributed by atoms with van der Waals surface area (Å²) in [5.41, 5.74) is 1.19. The first kappa shape index (κ1) is 20.1. The molecule has 0 saturated carbocycles. The van der Waals surface area contributed by atoms with E-state index in [0.717, 1.165) is 47.7 Å². The molecule has 1 N–H and O–H groups in total. The van der Waals surface area contributed by atoms with Crippen LogP contribution in [0.25, 0.3) is 0 Å². The van der Waals surface area contributed by atoms with Crippen LogP contribution in [0.15, 0.2) is 52.3 Å². The van der Waals surface area contributed by atoms with Gasteiger partial charge in [0, 0.05) is 36.0 Å². The third-order valence-corrected chi connectivity index (χ3v) is 5.29. The maximum Gasteiger partial charge on any atom is 0.416 e. The summed E-state index contributed by atoms with van der Waals surface area (Å²) in [7, 11) is 0. The second-order valence-corrected chi connectivity index (χ2v) is 6.87. The molecular formula is C18H20BrF3N2S. The van der Waals surface area contributed by atoms with E-state index < -0.39 is 11.7 Å². The molecule has 1 saturated heterocycles. The van der Waals surface area contributed by atoms with Crippen molar-refractivity contribution in [1.29, 1.82) is 0 Å². The molecule has 3 rings (SSSR count). The highest BCUT2D eigenvalue weighted by atomic mass is 79.9. The Bertz CT molecular complexity index is 716. The lowest BCUT2D eigenvalue weighted by molar-refractivity contribution is -0.137. The van der Waals surface area contributed by atoms with Crippen molar-refractivity contribution in [3.05, 3.63) is 53.6 Å². The number of aryl methyl sites for hydroxylation is 1. The van der Waals surface area contributed by atoms with Crippen molar-refractivity contribution in [3.63, 3.8) is 0 Å². The molecule has 136 valence electrons. The van der Waals surface area contributed by atoms with Crippen LogP contribution in [0, 0.1) is 6.92 Å². The second kappa shape index (κ2) is 8.47. The predicted octanol–water partition coefficient (Wildman–Crippen LogP) is 5.15. The van der Waals surface area contributed by atoms with E-state index in [-0.39, 0.29) is 17.0 Å². The summed E-state index contributed by atoms with van der Waals surface area (Å²) in [6, 6.07) is 12.0. The molecule has 0 spiro atoms. The molecule has 1 fully saturated rings. The molecule has 7 heteroatoms. The maximum atomic E-state index is 12.8. The predicted molar refractivity (Wildman–Crippen MR) is 102 cm³/mol. The molecule has 0 atom stereocenters. The Morgan fingerprint density at radius 2 is 1.68 bits per heavy atom. The van der Waals surface area contributed by atoms with E-state index >= 15 is 0 Å². The van der Waals surface area contributed by atoms with Gasteiger partial charge in [0.1, 0.15) is 0 Å². The number of para-hydroxylation sites is 1. The lowest BCUT2D eigenvalue weighted by Crippen LogP contribution is -2.43. The fraction of sp³-hybridized carbons (Fsp3) is 0.333. The van der Waals surface area contributed by atoms with Crippen molar-refractivity contribution in [2.24, 2.45) is 0 Å². The van der Waals surface area contributed by atoms with Crippen LogP contribution in [-0.4, -0.2) is 26.2 Å². The summed E-state index contributed by atoms with van der Waals surface area (Å²) in [4.78, 5) is 4.24. The number of halogens is 4. The Hall–Kier alpha value is -1.18. The minimum absolute atomic E-state index is 0. The van der Waals surface area contributed by atoms with Crippen LogP contribution < -0.4 is 10.2 Å². The van der Waals surface area contributed by atoms with Gasteiger partial charge in [-0.3, -0.25) is 0 Å². The standard InChI is InChI=1S/C18H19F3N2S.BrH/c1-13-12-14(18(19,20)21)6-7-16(13)24-17-5-3-2-4-15(17)23-10-8-22-9-11-23;/h2-7,12,22H,8-11H2,1H3;1H. The minimum Gasteiger partial charge on any atom is -0.368 e. The summed E-state index contributed by atoms with van der Waals surface area (Å²) >= 11 is 1.52. The second-order valence-electron chi connectivity index (χ2n) is 5.78. The zero-order chi connectivity index (χ0) is 17.2. The average molecular weight is 433 g/mol. The highest BCUT2D eigenvalue weighted by molar-refractivity contribution is 8.93. The molecule has 0 radical (unpaired) electrons. The van der Waals surface area contributed by atoms with E-state index in [4.69, 9.17) is 0 Å². The smallest absolute Gasteiger partial charge is 0.368 e. The highest BCUT2D eigenvalue weighted by Crippen LogP contribution is 2.39. The number of nitrogens with one attached hydrogen (secondary N) is 1. The lowest BCUT2D eigenvalue weighted by Gasteiger charge is -2.31. The molecule has 2 aromatic rings. The number of hydrogen-bond donors (Lipinski definition) is 1. The van der Waals surface area contributed by atoms with Crippen LogP contribution >= 0.6 is 28.7 Å². The van der Waals surface area contributed by atoms with Crippen molar-refractivity contribution in [2.45, 2.75) is 22.9 Å². The van der Waals surface area contributed by atoms with E-state index in [1.807, 2.05) is 18.2 Å². The minimum atomic E-state index is -4.30. The maximum absolute atomic E-state index is 12.8. The highest BCUT2D eigenvalue weighted by Gasteiger charge is 2.30. The first-order valence-corrected chi connectivity index (χ1v) is 8.67. The number of rotatable bonds is 3. The monoisotopic (exact) mass is 432 g/mol. The number of hydrogen-bond acceptors (Lipinski definition) is 3.